The predicted molar refractivity (Wildman–Crippen MR) is 65.0 cm³/mol. The van der Waals surface area contributed by atoms with Gasteiger partial charge in [0, 0.05) is 13.1 Å². The van der Waals surface area contributed by atoms with Gasteiger partial charge in [0.25, 0.3) is 0 Å². The lowest BCUT2D eigenvalue weighted by Gasteiger charge is -2.44. The van der Waals surface area contributed by atoms with Crippen LogP contribution in [0, 0.1) is 0 Å². The SMILES string of the molecule is CCN(CCO)C(F)(F)C(F)(F)C(F)(F)C(F)(F)C(F)(F)C(F)(F)C(F)(F)C(F)(F)F. The molecule has 0 saturated heterocycles. The Labute approximate surface area is 160 Å². The zero-order chi connectivity index (χ0) is 25.7. The molecule has 0 aromatic rings. The molecule has 0 rings (SSSR count). The molecule has 0 heterocycles. The molecule has 19 heteroatoms. The third-order valence-electron chi connectivity index (χ3n) is 3.85. The number of alkyl halides is 17. The van der Waals surface area contributed by atoms with E-state index < -0.39 is 72.4 Å². The zero-order valence-corrected chi connectivity index (χ0v) is 14.4. The van der Waals surface area contributed by atoms with Crippen molar-refractivity contribution in [2.45, 2.75) is 54.7 Å². The van der Waals surface area contributed by atoms with Gasteiger partial charge in [-0.15, -0.1) is 0 Å². The minimum atomic E-state index is -8.64. The summed E-state index contributed by atoms with van der Waals surface area (Å²) in [6.07, 6.45) is -7.78. The molecule has 0 spiro atoms. The van der Waals surface area contributed by atoms with E-state index in [2.05, 4.69) is 0 Å². The van der Waals surface area contributed by atoms with Crippen LogP contribution >= 0.6 is 0 Å². The van der Waals surface area contributed by atoms with Gasteiger partial charge in [-0.25, -0.2) is 4.90 Å². The number of aliphatic hydroxyl groups is 1. The summed E-state index contributed by atoms with van der Waals surface area (Å²) < 4.78 is 222. The van der Waals surface area contributed by atoms with E-state index in [-0.39, 0.29) is 0 Å². The molecule has 0 saturated carbocycles. The first-order valence-corrected chi connectivity index (χ1v) is 7.34. The average Bonchev–Trinajstić information content (AvgIpc) is 2.57. The van der Waals surface area contributed by atoms with Crippen molar-refractivity contribution < 1.29 is 79.7 Å². The molecular weight excluding hydrogens is 497 g/mol. The smallest absolute Gasteiger partial charge is 0.395 e. The number of hydrogen-bond donors (Lipinski definition) is 1. The molecule has 188 valence electrons. The molecule has 0 aromatic heterocycles. The fraction of sp³-hybridized carbons (Fsp3) is 1.00. The fourth-order valence-corrected chi connectivity index (χ4v) is 1.97. The average molecular weight is 507 g/mol. The van der Waals surface area contributed by atoms with Crippen LogP contribution in [0.5, 0.6) is 0 Å². The second-order valence-electron chi connectivity index (χ2n) is 5.79. The van der Waals surface area contributed by atoms with Crippen LogP contribution in [0.4, 0.5) is 74.6 Å². The Morgan fingerprint density at radius 2 is 0.806 bits per heavy atom. The molecule has 0 atom stereocenters. The third kappa shape index (κ3) is 3.88. The topological polar surface area (TPSA) is 23.5 Å². The third-order valence-corrected chi connectivity index (χ3v) is 3.85. The Hall–Kier alpha value is -1.27. The number of likely N-dealkylation sites (N-methyl/N-ethyl adjacent to an activating group) is 1. The second-order valence-corrected chi connectivity index (χ2v) is 5.79. The normalized spacial score (nSPS) is 16.3. The van der Waals surface area contributed by atoms with Crippen molar-refractivity contribution in [2.24, 2.45) is 0 Å². The summed E-state index contributed by atoms with van der Waals surface area (Å²) in [5.41, 5.74) is 0. The maximum atomic E-state index is 13.7. The van der Waals surface area contributed by atoms with Gasteiger partial charge in [-0.3, -0.25) is 0 Å². The van der Waals surface area contributed by atoms with Crippen molar-refractivity contribution in [3.63, 3.8) is 0 Å². The van der Waals surface area contributed by atoms with Gasteiger partial charge in [0.1, 0.15) is 0 Å². The number of rotatable bonds is 10. The standard InChI is InChI=1S/C12H10F17NO/c1-2-30(3-4-31)12(28,29)10(23,24)8(19,20)6(15,16)5(13,14)7(17,18)9(21,22)11(25,26)27/h31H,2-4H2,1H3. The fourth-order valence-electron chi connectivity index (χ4n) is 1.97. The van der Waals surface area contributed by atoms with E-state index in [4.69, 9.17) is 5.11 Å². The minimum Gasteiger partial charge on any atom is -0.395 e. The monoisotopic (exact) mass is 507 g/mol. The van der Waals surface area contributed by atoms with E-state index in [0.29, 0.717) is 6.92 Å². The van der Waals surface area contributed by atoms with Crippen molar-refractivity contribution >= 4 is 0 Å². The summed E-state index contributed by atoms with van der Waals surface area (Å²) in [6, 6.07) is -6.62. The Morgan fingerprint density at radius 1 is 0.516 bits per heavy atom. The summed E-state index contributed by atoms with van der Waals surface area (Å²) in [7, 11) is 0. The highest BCUT2D eigenvalue weighted by Gasteiger charge is 2.95. The molecule has 0 amide bonds. The van der Waals surface area contributed by atoms with Crippen LogP contribution in [0.2, 0.25) is 0 Å². The van der Waals surface area contributed by atoms with Gasteiger partial charge in [-0.2, -0.15) is 74.6 Å². The zero-order valence-electron chi connectivity index (χ0n) is 14.4. The Kier molecular flexibility index (Phi) is 7.62. The summed E-state index contributed by atoms with van der Waals surface area (Å²) in [6.45, 7) is -4.22. The van der Waals surface area contributed by atoms with Gasteiger partial charge < -0.3 is 5.11 Å². The maximum absolute atomic E-state index is 13.7. The lowest BCUT2D eigenvalue weighted by Crippen LogP contribution is -2.75. The maximum Gasteiger partial charge on any atom is 0.460 e. The van der Waals surface area contributed by atoms with Gasteiger partial charge in [0.2, 0.25) is 0 Å². The lowest BCUT2D eigenvalue weighted by molar-refractivity contribution is -0.468. The molecule has 31 heavy (non-hydrogen) atoms. The molecule has 0 bridgehead atoms. The van der Waals surface area contributed by atoms with Crippen molar-refractivity contribution in [1.29, 1.82) is 0 Å². The Balaban J connectivity index is 6.76. The first-order chi connectivity index (χ1) is 13.3. The van der Waals surface area contributed by atoms with Gasteiger partial charge in [-0.1, -0.05) is 6.92 Å². The van der Waals surface area contributed by atoms with E-state index in [9.17, 15) is 74.6 Å². The van der Waals surface area contributed by atoms with Crippen LogP contribution < -0.4 is 0 Å². The first kappa shape index (κ1) is 29.7. The van der Waals surface area contributed by atoms with Crippen LogP contribution in [-0.4, -0.2) is 77.5 Å². The number of nitrogens with zero attached hydrogens (tertiary/aromatic N) is 1. The number of hydrogen-bond acceptors (Lipinski definition) is 2. The highest BCUT2D eigenvalue weighted by Crippen LogP contribution is 2.64. The summed E-state index contributed by atoms with van der Waals surface area (Å²) in [5, 5.41) is 8.40. The minimum absolute atomic E-state index is 0.475. The van der Waals surface area contributed by atoms with Crippen LogP contribution in [0.1, 0.15) is 6.92 Å². The van der Waals surface area contributed by atoms with Crippen LogP contribution in [0.25, 0.3) is 0 Å². The first-order valence-electron chi connectivity index (χ1n) is 7.34. The largest absolute Gasteiger partial charge is 0.460 e. The summed E-state index contributed by atoms with van der Waals surface area (Å²) >= 11 is 0. The van der Waals surface area contributed by atoms with E-state index in [0.717, 1.165) is 0 Å². The molecule has 0 aliphatic carbocycles. The van der Waals surface area contributed by atoms with Gasteiger partial charge in [-0.05, 0) is 0 Å². The van der Waals surface area contributed by atoms with Crippen LogP contribution in [-0.2, 0) is 0 Å². The Morgan fingerprint density at radius 3 is 1.06 bits per heavy atom. The molecule has 0 aliphatic rings. The van der Waals surface area contributed by atoms with Gasteiger partial charge in [0.05, 0.1) is 6.61 Å². The second kappa shape index (κ2) is 7.95. The van der Waals surface area contributed by atoms with E-state index >= 15 is 0 Å². The van der Waals surface area contributed by atoms with Crippen molar-refractivity contribution in [1.82, 2.24) is 4.90 Å². The molecule has 0 aliphatic heterocycles. The summed E-state index contributed by atoms with van der Waals surface area (Å²) in [4.78, 5) is -1.20. The van der Waals surface area contributed by atoms with E-state index in [1.54, 1.807) is 0 Å². The quantitative estimate of drug-likeness (QED) is 0.322. The molecule has 1 N–H and O–H groups in total. The summed E-state index contributed by atoms with van der Waals surface area (Å²) in [5.74, 6) is -50.0. The predicted octanol–water partition coefficient (Wildman–Crippen LogP) is 5.27. The van der Waals surface area contributed by atoms with E-state index in [1.807, 2.05) is 0 Å². The van der Waals surface area contributed by atoms with Crippen molar-refractivity contribution in [3.8, 4) is 0 Å². The number of aliphatic hydroxyl groups excluding tert-OH is 1. The number of halogens is 17. The molecular formula is C12H10F17NO. The highest BCUT2D eigenvalue weighted by molar-refractivity contribution is 5.14. The molecule has 0 radical (unpaired) electrons. The van der Waals surface area contributed by atoms with Gasteiger partial charge >= 0.3 is 47.8 Å². The Bertz CT molecular complexity index is 625. The van der Waals surface area contributed by atoms with Crippen molar-refractivity contribution in [2.75, 3.05) is 19.7 Å². The van der Waals surface area contributed by atoms with Gasteiger partial charge in [0.15, 0.2) is 0 Å². The lowest BCUT2D eigenvalue weighted by atomic mass is 9.90. The molecule has 0 aromatic carbocycles. The van der Waals surface area contributed by atoms with Crippen molar-refractivity contribution in [3.05, 3.63) is 0 Å². The molecule has 2 nitrogen and oxygen atoms in total. The highest BCUT2D eigenvalue weighted by atomic mass is 19.4. The van der Waals surface area contributed by atoms with E-state index in [1.165, 1.54) is 0 Å². The molecule has 0 unspecified atom stereocenters. The molecule has 0 fully saturated rings. The van der Waals surface area contributed by atoms with Crippen LogP contribution in [0.3, 0.4) is 0 Å². The van der Waals surface area contributed by atoms with Crippen LogP contribution in [0.15, 0.2) is 0 Å².